The maximum Gasteiger partial charge on any atom is 0.293 e. The highest BCUT2D eigenvalue weighted by molar-refractivity contribution is 7.99. The first-order valence-electron chi connectivity index (χ1n) is 19.8. The molecular formula is C43H43N9O7S2. The summed E-state index contributed by atoms with van der Waals surface area (Å²) < 4.78 is 36.5. The minimum atomic E-state index is -4.57. The minimum absolute atomic E-state index is 0.170. The number of nitrogens with zero attached hydrogens (tertiary/aromatic N) is 6. The molecule has 16 nitrogen and oxygen atoms in total. The molecule has 3 aromatic carbocycles. The maximum absolute atomic E-state index is 13.6. The number of hydrogen-bond acceptors (Lipinski definition) is 13. The number of amides is 2. The lowest BCUT2D eigenvalue weighted by Crippen LogP contribution is -2.39. The summed E-state index contributed by atoms with van der Waals surface area (Å²) in [6.45, 7) is 4.50. The van der Waals surface area contributed by atoms with Crippen molar-refractivity contribution in [1.82, 2.24) is 24.0 Å². The largest absolute Gasteiger partial charge is 0.379 e. The summed E-state index contributed by atoms with van der Waals surface area (Å²) in [5.74, 6) is 0.112. The van der Waals surface area contributed by atoms with Crippen molar-refractivity contribution in [3.8, 4) is 0 Å². The number of pyridine rings is 2. The number of aromatic nitrogens is 3. The van der Waals surface area contributed by atoms with E-state index >= 15 is 0 Å². The lowest BCUT2D eigenvalue weighted by atomic mass is 9.94. The Morgan fingerprint density at radius 3 is 2.51 bits per heavy atom. The fraction of sp³-hybridized carbons (Fsp3) is 0.256. The van der Waals surface area contributed by atoms with E-state index in [1.54, 1.807) is 36.2 Å². The molecule has 0 aliphatic carbocycles. The van der Waals surface area contributed by atoms with Crippen LogP contribution in [0.5, 0.6) is 0 Å². The third-order valence-electron chi connectivity index (χ3n) is 10.6. The van der Waals surface area contributed by atoms with Crippen molar-refractivity contribution in [2.24, 2.45) is 0 Å². The van der Waals surface area contributed by atoms with E-state index in [0.717, 1.165) is 41.7 Å². The van der Waals surface area contributed by atoms with Gasteiger partial charge in [0.2, 0.25) is 0 Å². The van der Waals surface area contributed by atoms with Crippen LogP contribution in [-0.2, 0) is 27.7 Å². The molecule has 0 radical (unpaired) electrons. The van der Waals surface area contributed by atoms with Gasteiger partial charge in [0.1, 0.15) is 22.8 Å². The maximum atomic E-state index is 13.6. The van der Waals surface area contributed by atoms with E-state index in [1.165, 1.54) is 18.2 Å². The van der Waals surface area contributed by atoms with Crippen molar-refractivity contribution in [3.05, 3.63) is 148 Å². The zero-order chi connectivity index (χ0) is 42.3. The van der Waals surface area contributed by atoms with Crippen molar-refractivity contribution in [1.29, 1.82) is 0 Å². The van der Waals surface area contributed by atoms with E-state index in [2.05, 4.69) is 25.5 Å². The van der Waals surface area contributed by atoms with Crippen LogP contribution in [0, 0.1) is 10.1 Å². The number of morpholine rings is 1. The van der Waals surface area contributed by atoms with Crippen LogP contribution in [0.25, 0.3) is 5.65 Å². The van der Waals surface area contributed by atoms with Gasteiger partial charge in [-0.15, -0.1) is 11.8 Å². The number of carbonyl (C=O) groups excluding carboxylic acids is 2. The van der Waals surface area contributed by atoms with E-state index in [4.69, 9.17) is 4.74 Å². The van der Waals surface area contributed by atoms with Crippen molar-refractivity contribution in [2.75, 3.05) is 60.7 Å². The number of nitro benzene ring substituents is 1. The van der Waals surface area contributed by atoms with Crippen molar-refractivity contribution < 1.29 is 27.7 Å². The molecule has 2 aliphatic heterocycles. The fourth-order valence-corrected chi connectivity index (χ4v) is 9.35. The Hall–Kier alpha value is -6.34. The fourth-order valence-electron chi connectivity index (χ4n) is 7.37. The quantitative estimate of drug-likeness (QED) is 0.0632. The summed E-state index contributed by atoms with van der Waals surface area (Å²) in [6.07, 6.45) is 4.86. The van der Waals surface area contributed by atoms with Gasteiger partial charge in [-0.2, -0.15) is 0 Å². The first-order valence-corrected chi connectivity index (χ1v) is 22.2. The second-order valence-electron chi connectivity index (χ2n) is 14.6. The van der Waals surface area contributed by atoms with Crippen LogP contribution in [0.1, 0.15) is 38.4 Å². The van der Waals surface area contributed by atoms with Gasteiger partial charge in [-0.25, -0.2) is 23.1 Å². The molecule has 8 rings (SSSR count). The Bertz CT molecular complexity index is 2640. The smallest absolute Gasteiger partial charge is 0.293 e. The number of hydrogen-bond donors (Lipinski definition) is 3. The van der Waals surface area contributed by atoms with Crippen molar-refractivity contribution in [2.45, 2.75) is 35.2 Å². The van der Waals surface area contributed by atoms with Crippen LogP contribution in [0.2, 0.25) is 0 Å². The van der Waals surface area contributed by atoms with Gasteiger partial charge in [0.05, 0.1) is 29.2 Å². The Morgan fingerprint density at radius 1 is 0.902 bits per heavy atom. The van der Waals surface area contributed by atoms with Crippen LogP contribution in [0.4, 0.5) is 23.0 Å². The van der Waals surface area contributed by atoms with Gasteiger partial charge >= 0.3 is 0 Å². The summed E-state index contributed by atoms with van der Waals surface area (Å²) in [5.41, 5.74) is 2.54. The van der Waals surface area contributed by atoms with Crippen LogP contribution < -0.4 is 20.3 Å². The van der Waals surface area contributed by atoms with Gasteiger partial charge in [0, 0.05) is 67.2 Å². The number of nitro groups is 1. The van der Waals surface area contributed by atoms with E-state index in [-0.39, 0.29) is 23.3 Å². The van der Waals surface area contributed by atoms with Gasteiger partial charge in [0.15, 0.2) is 5.82 Å². The normalized spacial score (nSPS) is 14.9. The second-order valence-corrected chi connectivity index (χ2v) is 17.4. The number of rotatable bonds is 15. The monoisotopic (exact) mass is 861 g/mol. The molecule has 0 saturated carbocycles. The van der Waals surface area contributed by atoms with Crippen LogP contribution in [0.3, 0.4) is 0 Å². The number of carbonyl (C=O) groups is 2. The highest BCUT2D eigenvalue weighted by atomic mass is 32.2. The molecule has 1 saturated heterocycles. The van der Waals surface area contributed by atoms with E-state index in [9.17, 15) is 28.1 Å². The number of anilines is 3. The molecule has 5 heterocycles. The number of nitrogens with one attached hydrogen (secondary N) is 3. The highest BCUT2D eigenvalue weighted by Crippen LogP contribution is 2.31. The first kappa shape index (κ1) is 41.4. The molecule has 3 N–H and O–H groups in total. The van der Waals surface area contributed by atoms with Crippen molar-refractivity contribution in [3.63, 3.8) is 0 Å². The molecule has 1 fully saturated rings. The Morgan fingerprint density at radius 2 is 1.70 bits per heavy atom. The number of benzene rings is 3. The Balaban J connectivity index is 0.950. The molecule has 1 atom stereocenters. The molecule has 2 aliphatic rings. The molecule has 0 spiro atoms. The molecule has 3 aromatic heterocycles. The van der Waals surface area contributed by atoms with Crippen LogP contribution in [-0.4, -0.2) is 95.6 Å². The van der Waals surface area contributed by atoms with Crippen LogP contribution >= 0.6 is 11.8 Å². The molecule has 2 amide bonds. The van der Waals surface area contributed by atoms with Gasteiger partial charge in [-0.1, -0.05) is 42.5 Å². The summed E-state index contributed by atoms with van der Waals surface area (Å²) in [6, 6.07) is 29.1. The molecule has 18 heteroatoms. The van der Waals surface area contributed by atoms with E-state index in [0.29, 0.717) is 67.7 Å². The average Bonchev–Trinajstić information content (AvgIpc) is 3.69. The standard InChI is InChI=1S/C43H43N9O7S2/c53-42(47-39-28-50-19-5-4-13-41(50)46-39)34-11-6-8-30-17-21-51(27-35(30)34)40-14-7-12-37(45-40)43(54)48-61(57,58)33-15-16-36(38(26-33)52(55)56)44-31(18-20-49-22-24-59-25-23-49)29-60-32-9-2-1-3-10-32/h1-16,19,26,28,31,44H,17-18,20-25,27,29H2,(H,47,53)(H,48,54)/t31-/m1/s1. The topological polar surface area (TPSA) is 193 Å². The van der Waals surface area contributed by atoms with E-state index in [1.807, 2.05) is 80.9 Å². The number of fused-ring (bicyclic) bond motifs is 2. The summed E-state index contributed by atoms with van der Waals surface area (Å²) >= 11 is 1.62. The summed E-state index contributed by atoms with van der Waals surface area (Å²) in [5, 5.41) is 18.6. The van der Waals surface area contributed by atoms with E-state index < -0.39 is 31.4 Å². The number of sulfonamides is 1. The number of ether oxygens (including phenoxy) is 1. The predicted molar refractivity (Wildman–Crippen MR) is 233 cm³/mol. The molecule has 61 heavy (non-hydrogen) atoms. The molecule has 314 valence electrons. The number of thioether (sulfide) groups is 1. The lowest BCUT2D eigenvalue weighted by Gasteiger charge is -2.31. The van der Waals surface area contributed by atoms with Gasteiger partial charge in [-0.3, -0.25) is 24.6 Å². The van der Waals surface area contributed by atoms with Gasteiger partial charge in [0.25, 0.3) is 27.5 Å². The third-order valence-corrected chi connectivity index (χ3v) is 13.1. The number of imidazole rings is 1. The average molecular weight is 862 g/mol. The first-order chi connectivity index (χ1) is 29.6. The Kier molecular flexibility index (Phi) is 12.6. The van der Waals surface area contributed by atoms with Crippen molar-refractivity contribution >= 4 is 62.3 Å². The summed E-state index contributed by atoms with van der Waals surface area (Å²) in [4.78, 5) is 52.5. The second kappa shape index (κ2) is 18.5. The van der Waals surface area contributed by atoms with Gasteiger partial charge in [-0.05, 0) is 78.6 Å². The van der Waals surface area contributed by atoms with Gasteiger partial charge < -0.3 is 24.7 Å². The third kappa shape index (κ3) is 10.0. The lowest BCUT2D eigenvalue weighted by molar-refractivity contribution is -0.384. The molecular weight excluding hydrogens is 819 g/mol. The zero-order valence-corrected chi connectivity index (χ0v) is 34.6. The Labute approximate surface area is 356 Å². The molecule has 6 aromatic rings. The minimum Gasteiger partial charge on any atom is -0.379 e. The zero-order valence-electron chi connectivity index (χ0n) is 33.0. The van der Waals surface area contributed by atoms with Crippen LogP contribution in [0.15, 0.2) is 125 Å². The predicted octanol–water partition coefficient (Wildman–Crippen LogP) is 5.87. The highest BCUT2D eigenvalue weighted by Gasteiger charge is 2.28. The summed E-state index contributed by atoms with van der Waals surface area (Å²) in [7, 11) is -4.57. The molecule has 0 bridgehead atoms. The molecule has 0 unspecified atom stereocenters. The SMILES string of the molecule is O=C(NS(=O)(=O)c1ccc(N[C@H](CCN2CCOCC2)CSc2ccccc2)c([N+](=O)[O-])c1)c1cccc(N2CCc3cccc(C(=O)Nc4cn5ccccc5n4)c3C2)n1.